The first kappa shape index (κ1) is 12.0. The molecule has 0 amide bonds. The second-order valence-corrected chi connectivity index (χ2v) is 6.53. The van der Waals surface area contributed by atoms with Crippen molar-refractivity contribution in [2.45, 2.75) is 38.6 Å². The molecular formula is C10H21NO2S. The van der Waals surface area contributed by atoms with Gasteiger partial charge in [0.1, 0.15) is 9.84 Å². The van der Waals surface area contributed by atoms with Crippen LogP contribution in [0.15, 0.2) is 0 Å². The molecule has 84 valence electrons. The number of rotatable bonds is 6. The van der Waals surface area contributed by atoms with E-state index >= 15 is 0 Å². The average Bonchev–Trinajstić information content (AvgIpc) is 1.95. The van der Waals surface area contributed by atoms with Gasteiger partial charge in [0.05, 0.1) is 5.75 Å². The first-order valence-corrected chi connectivity index (χ1v) is 7.50. The van der Waals surface area contributed by atoms with E-state index in [0.29, 0.717) is 11.8 Å². The van der Waals surface area contributed by atoms with Crippen molar-refractivity contribution in [1.82, 2.24) is 5.32 Å². The molecule has 14 heavy (non-hydrogen) atoms. The van der Waals surface area contributed by atoms with Gasteiger partial charge in [0.2, 0.25) is 0 Å². The fourth-order valence-electron chi connectivity index (χ4n) is 1.95. The normalized spacial score (nSPS) is 20.4. The van der Waals surface area contributed by atoms with Crippen molar-refractivity contribution in [1.29, 1.82) is 0 Å². The summed E-state index contributed by atoms with van der Waals surface area (Å²) in [5, 5.41) is 3.39. The SMILES string of the molecule is CCNC(CCS(C)(=O)=O)C1CCC1. The molecule has 1 saturated carbocycles. The van der Waals surface area contributed by atoms with Crippen molar-refractivity contribution in [2.24, 2.45) is 5.92 Å². The molecule has 0 aliphatic heterocycles. The van der Waals surface area contributed by atoms with E-state index in [1.807, 2.05) is 0 Å². The molecule has 0 aromatic heterocycles. The first-order valence-electron chi connectivity index (χ1n) is 5.44. The minimum absolute atomic E-state index is 0.321. The van der Waals surface area contributed by atoms with Crippen LogP contribution in [-0.4, -0.2) is 33.0 Å². The lowest BCUT2D eigenvalue weighted by atomic mass is 9.79. The molecule has 0 spiro atoms. The summed E-state index contributed by atoms with van der Waals surface area (Å²) in [7, 11) is -2.80. The highest BCUT2D eigenvalue weighted by molar-refractivity contribution is 7.90. The van der Waals surface area contributed by atoms with E-state index in [2.05, 4.69) is 12.2 Å². The molecule has 1 fully saturated rings. The van der Waals surface area contributed by atoms with Gasteiger partial charge < -0.3 is 5.32 Å². The zero-order chi connectivity index (χ0) is 10.6. The molecule has 0 heterocycles. The van der Waals surface area contributed by atoms with Crippen molar-refractivity contribution in [3.05, 3.63) is 0 Å². The molecule has 0 bridgehead atoms. The van der Waals surface area contributed by atoms with E-state index in [9.17, 15) is 8.42 Å². The Hall–Kier alpha value is -0.0900. The summed E-state index contributed by atoms with van der Waals surface area (Å²) in [6.07, 6.45) is 5.93. The van der Waals surface area contributed by atoms with Crippen LogP contribution in [0.25, 0.3) is 0 Å². The Morgan fingerprint density at radius 1 is 1.43 bits per heavy atom. The third kappa shape index (κ3) is 3.96. The van der Waals surface area contributed by atoms with Crippen molar-refractivity contribution in [3.63, 3.8) is 0 Å². The van der Waals surface area contributed by atoms with Gasteiger partial charge in [-0.15, -0.1) is 0 Å². The monoisotopic (exact) mass is 219 g/mol. The lowest BCUT2D eigenvalue weighted by Crippen LogP contribution is -2.40. The summed E-state index contributed by atoms with van der Waals surface area (Å²) >= 11 is 0. The summed E-state index contributed by atoms with van der Waals surface area (Å²) in [6.45, 7) is 3.01. The highest BCUT2D eigenvalue weighted by Crippen LogP contribution is 2.30. The van der Waals surface area contributed by atoms with E-state index in [-0.39, 0.29) is 0 Å². The van der Waals surface area contributed by atoms with Gasteiger partial charge in [0.25, 0.3) is 0 Å². The zero-order valence-electron chi connectivity index (χ0n) is 9.12. The molecule has 3 nitrogen and oxygen atoms in total. The summed E-state index contributed by atoms with van der Waals surface area (Å²) in [5.74, 6) is 1.04. The van der Waals surface area contributed by atoms with Crippen molar-refractivity contribution in [3.8, 4) is 0 Å². The van der Waals surface area contributed by atoms with Gasteiger partial charge in [-0.3, -0.25) is 0 Å². The summed E-state index contributed by atoms with van der Waals surface area (Å²) in [6, 6.07) is 0.420. The standard InChI is InChI=1S/C10H21NO2S/c1-3-11-10(9-5-4-6-9)7-8-14(2,12)13/h9-11H,3-8H2,1-2H3. The highest BCUT2D eigenvalue weighted by atomic mass is 32.2. The van der Waals surface area contributed by atoms with Gasteiger partial charge in [-0.2, -0.15) is 0 Å². The third-order valence-corrected chi connectivity index (χ3v) is 3.96. The van der Waals surface area contributed by atoms with Crippen molar-refractivity contribution in [2.75, 3.05) is 18.6 Å². The van der Waals surface area contributed by atoms with Gasteiger partial charge in [0.15, 0.2) is 0 Å². The molecule has 0 saturated heterocycles. The Morgan fingerprint density at radius 2 is 2.07 bits per heavy atom. The molecule has 1 aliphatic rings. The van der Waals surface area contributed by atoms with Gasteiger partial charge in [-0.1, -0.05) is 13.3 Å². The predicted molar refractivity (Wildman–Crippen MR) is 59.1 cm³/mol. The summed E-state index contributed by atoms with van der Waals surface area (Å²) in [4.78, 5) is 0. The van der Waals surface area contributed by atoms with Crippen LogP contribution in [0.4, 0.5) is 0 Å². The molecule has 4 heteroatoms. The maximum atomic E-state index is 11.0. The maximum Gasteiger partial charge on any atom is 0.147 e. The Balaban J connectivity index is 2.35. The van der Waals surface area contributed by atoms with Crippen LogP contribution >= 0.6 is 0 Å². The minimum Gasteiger partial charge on any atom is -0.314 e. The van der Waals surface area contributed by atoms with Crippen LogP contribution in [0.1, 0.15) is 32.6 Å². The summed E-state index contributed by atoms with van der Waals surface area (Å²) < 4.78 is 22.1. The highest BCUT2D eigenvalue weighted by Gasteiger charge is 2.26. The zero-order valence-corrected chi connectivity index (χ0v) is 9.94. The molecule has 1 rings (SSSR count). The number of nitrogens with one attached hydrogen (secondary N) is 1. The van der Waals surface area contributed by atoms with Crippen LogP contribution in [-0.2, 0) is 9.84 Å². The average molecular weight is 219 g/mol. The fraction of sp³-hybridized carbons (Fsp3) is 1.00. The molecule has 0 radical (unpaired) electrons. The molecular weight excluding hydrogens is 198 g/mol. The van der Waals surface area contributed by atoms with Crippen LogP contribution in [0.3, 0.4) is 0 Å². The lowest BCUT2D eigenvalue weighted by Gasteiger charge is -2.34. The number of sulfone groups is 1. The maximum absolute atomic E-state index is 11.0. The molecule has 0 aromatic rings. The van der Waals surface area contributed by atoms with Crippen LogP contribution in [0, 0.1) is 5.92 Å². The quantitative estimate of drug-likeness (QED) is 0.730. The lowest BCUT2D eigenvalue weighted by molar-refractivity contribution is 0.227. The predicted octanol–water partition coefficient (Wildman–Crippen LogP) is 1.20. The number of hydrogen-bond donors (Lipinski definition) is 1. The molecule has 0 aromatic carbocycles. The molecule has 1 atom stereocenters. The van der Waals surface area contributed by atoms with Crippen LogP contribution in [0.2, 0.25) is 0 Å². The van der Waals surface area contributed by atoms with E-state index in [1.54, 1.807) is 0 Å². The Labute approximate surface area is 87.2 Å². The van der Waals surface area contributed by atoms with Gasteiger partial charge in [-0.05, 0) is 31.7 Å². The van der Waals surface area contributed by atoms with Crippen molar-refractivity contribution >= 4 is 9.84 Å². The van der Waals surface area contributed by atoms with Gasteiger partial charge in [0, 0.05) is 12.3 Å². The minimum atomic E-state index is -2.80. The van der Waals surface area contributed by atoms with Gasteiger partial charge >= 0.3 is 0 Å². The van der Waals surface area contributed by atoms with Gasteiger partial charge in [-0.25, -0.2) is 8.42 Å². The fourth-order valence-corrected chi connectivity index (χ4v) is 2.63. The van der Waals surface area contributed by atoms with Crippen LogP contribution < -0.4 is 5.32 Å². The third-order valence-electron chi connectivity index (χ3n) is 2.98. The summed E-state index contributed by atoms with van der Waals surface area (Å²) in [5.41, 5.74) is 0. The first-order chi connectivity index (χ1) is 6.53. The Kier molecular flexibility index (Phi) is 4.38. The second-order valence-electron chi connectivity index (χ2n) is 4.27. The number of hydrogen-bond acceptors (Lipinski definition) is 3. The van der Waals surface area contributed by atoms with Crippen LogP contribution in [0.5, 0.6) is 0 Å². The molecule has 1 N–H and O–H groups in total. The second kappa shape index (κ2) is 5.12. The van der Waals surface area contributed by atoms with E-state index in [1.165, 1.54) is 25.5 Å². The Morgan fingerprint density at radius 3 is 2.43 bits per heavy atom. The molecule has 1 unspecified atom stereocenters. The van der Waals surface area contributed by atoms with E-state index in [4.69, 9.17) is 0 Å². The van der Waals surface area contributed by atoms with E-state index in [0.717, 1.165) is 18.9 Å². The Bertz CT molecular complexity index is 257. The van der Waals surface area contributed by atoms with Crippen molar-refractivity contribution < 1.29 is 8.42 Å². The topological polar surface area (TPSA) is 46.2 Å². The smallest absolute Gasteiger partial charge is 0.147 e. The van der Waals surface area contributed by atoms with E-state index < -0.39 is 9.84 Å². The molecule has 1 aliphatic carbocycles. The largest absolute Gasteiger partial charge is 0.314 e.